The molecule has 0 amide bonds. The average molecular weight is 363 g/mol. The molecule has 0 saturated carbocycles. The first-order chi connectivity index (χ1) is 12.0. The lowest BCUT2D eigenvalue weighted by Gasteiger charge is -2.27. The summed E-state index contributed by atoms with van der Waals surface area (Å²) in [5.74, 6) is 1.11. The normalized spacial score (nSPS) is 15.0. The monoisotopic (exact) mass is 363 g/mol. The lowest BCUT2D eigenvalue weighted by atomic mass is 10.2. The van der Waals surface area contributed by atoms with Gasteiger partial charge in [0.05, 0.1) is 32.2 Å². The maximum absolute atomic E-state index is 12.7. The molecule has 0 spiro atoms. The van der Waals surface area contributed by atoms with Crippen molar-refractivity contribution in [2.45, 2.75) is 11.8 Å². The Morgan fingerprint density at radius 1 is 1.20 bits per heavy atom. The topological polar surface area (TPSA) is 80.8 Å². The van der Waals surface area contributed by atoms with E-state index in [0.29, 0.717) is 24.7 Å². The molecule has 0 atom stereocenters. The number of morpholine rings is 1. The molecule has 1 fully saturated rings. The first-order valence-electron chi connectivity index (χ1n) is 7.96. The summed E-state index contributed by atoms with van der Waals surface area (Å²) in [4.78, 5) is 6.56. The molecule has 1 aromatic carbocycles. The highest BCUT2D eigenvalue weighted by Crippen LogP contribution is 2.27. The van der Waals surface area contributed by atoms with Gasteiger partial charge in [0.2, 0.25) is 0 Å². The fourth-order valence-corrected chi connectivity index (χ4v) is 3.93. The SMILES string of the molecule is COc1ccc(C)cc1S(=O)(=O)Nc1ccc(N2CCOCC2)nc1. The van der Waals surface area contributed by atoms with E-state index in [1.54, 1.807) is 30.3 Å². The van der Waals surface area contributed by atoms with Gasteiger partial charge in [-0.15, -0.1) is 0 Å². The first-order valence-corrected chi connectivity index (χ1v) is 9.44. The Balaban J connectivity index is 1.80. The van der Waals surface area contributed by atoms with E-state index in [1.165, 1.54) is 13.3 Å². The van der Waals surface area contributed by atoms with Crippen LogP contribution in [0.4, 0.5) is 11.5 Å². The number of ether oxygens (including phenoxy) is 2. The molecule has 134 valence electrons. The Hall–Kier alpha value is -2.32. The van der Waals surface area contributed by atoms with Crippen LogP contribution in [-0.4, -0.2) is 46.8 Å². The van der Waals surface area contributed by atoms with Crippen LogP contribution in [0.25, 0.3) is 0 Å². The van der Waals surface area contributed by atoms with Crippen LogP contribution in [-0.2, 0) is 14.8 Å². The van der Waals surface area contributed by atoms with E-state index < -0.39 is 10.0 Å². The summed E-state index contributed by atoms with van der Waals surface area (Å²) in [5, 5.41) is 0. The van der Waals surface area contributed by atoms with Crippen LogP contribution in [0.5, 0.6) is 5.75 Å². The van der Waals surface area contributed by atoms with Crippen molar-refractivity contribution in [1.29, 1.82) is 0 Å². The largest absolute Gasteiger partial charge is 0.495 e. The Morgan fingerprint density at radius 3 is 2.60 bits per heavy atom. The number of pyridine rings is 1. The second-order valence-corrected chi connectivity index (χ2v) is 7.42. The average Bonchev–Trinajstić information content (AvgIpc) is 2.63. The minimum Gasteiger partial charge on any atom is -0.495 e. The molecule has 2 heterocycles. The fraction of sp³-hybridized carbons (Fsp3) is 0.353. The highest BCUT2D eigenvalue weighted by Gasteiger charge is 2.20. The zero-order valence-electron chi connectivity index (χ0n) is 14.2. The van der Waals surface area contributed by atoms with Crippen LogP contribution >= 0.6 is 0 Å². The number of methoxy groups -OCH3 is 1. The van der Waals surface area contributed by atoms with Crippen molar-refractivity contribution in [3.8, 4) is 5.75 Å². The molecule has 3 rings (SSSR count). The lowest BCUT2D eigenvalue weighted by molar-refractivity contribution is 0.122. The minimum atomic E-state index is -3.76. The highest BCUT2D eigenvalue weighted by molar-refractivity contribution is 7.92. The van der Waals surface area contributed by atoms with E-state index in [4.69, 9.17) is 9.47 Å². The number of aryl methyl sites for hydroxylation is 1. The Bertz CT molecular complexity index is 831. The van der Waals surface area contributed by atoms with Crippen molar-refractivity contribution in [2.24, 2.45) is 0 Å². The molecule has 25 heavy (non-hydrogen) atoms. The molecule has 1 saturated heterocycles. The number of nitrogens with zero attached hydrogens (tertiary/aromatic N) is 2. The smallest absolute Gasteiger partial charge is 0.265 e. The number of anilines is 2. The predicted molar refractivity (Wildman–Crippen MR) is 95.8 cm³/mol. The molecule has 1 aliphatic heterocycles. The van der Waals surface area contributed by atoms with Gasteiger partial charge in [0, 0.05) is 13.1 Å². The molecule has 8 heteroatoms. The van der Waals surface area contributed by atoms with Gasteiger partial charge in [-0.05, 0) is 36.8 Å². The number of hydrogen-bond acceptors (Lipinski definition) is 6. The van der Waals surface area contributed by atoms with Gasteiger partial charge < -0.3 is 14.4 Å². The third-order valence-corrected chi connectivity index (χ3v) is 5.35. The highest BCUT2D eigenvalue weighted by atomic mass is 32.2. The predicted octanol–water partition coefficient (Wildman–Crippen LogP) is 2.04. The van der Waals surface area contributed by atoms with E-state index in [-0.39, 0.29) is 4.90 Å². The van der Waals surface area contributed by atoms with Gasteiger partial charge in [-0.3, -0.25) is 4.72 Å². The molecular weight excluding hydrogens is 342 g/mol. The van der Waals surface area contributed by atoms with Crippen LogP contribution in [0, 0.1) is 6.92 Å². The molecule has 2 aromatic rings. The molecule has 1 aromatic heterocycles. The van der Waals surface area contributed by atoms with E-state index in [0.717, 1.165) is 24.5 Å². The third-order valence-electron chi connectivity index (χ3n) is 3.94. The molecule has 0 aliphatic carbocycles. The third kappa shape index (κ3) is 4.02. The van der Waals surface area contributed by atoms with Gasteiger partial charge in [0.25, 0.3) is 10.0 Å². The Kier molecular flexibility index (Phi) is 5.10. The molecule has 0 radical (unpaired) electrons. The molecular formula is C17H21N3O4S. The minimum absolute atomic E-state index is 0.104. The fourth-order valence-electron chi connectivity index (χ4n) is 2.63. The number of hydrogen-bond donors (Lipinski definition) is 1. The standard InChI is InChI=1S/C17H21N3O4S/c1-13-3-5-15(23-2)16(11-13)25(21,22)19-14-4-6-17(18-12-14)20-7-9-24-10-8-20/h3-6,11-12,19H,7-10H2,1-2H3. The zero-order chi connectivity index (χ0) is 17.9. The van der Waals surface area contributed by atoms with Gasteiger partial charge in [0.15, 0.2) is 0 Å². The van der Waals surface area contributed by atoms with Crippen molar-refractivity contribution < 1.29 is 17.9 Å². The van der Waals surface area contributed by atoms with E-state index in [2.05, 4.69) is 14.6 Å². The summed E-state index contributed by atoms with van der Waals surface area (Å²) in [6, 6.07) is 8.53. The Morgan fingerprint density at radius 2 is 1.96 bits per heavy atom. The van der Waals surface area contributed by atoms with Crippen LogP contribution in [0.1, 0.15) is 5.56 Å². The number of rotatable bonds is 5. The van der Waals surface area contributed by atoms with Gasteiger partial charge in [-0.2, -0.15) is 0 Å². The number of benzene rings is 1. The van der Waals surface area contributed by atoms with Crippen LogP contribution in [0.2, 0.25) is 0 Å². The first kappa shape index (κ1) is 17.5. The summed E-state index contributed by atoms with van der Waals surface area (Å²) in [5.41, 5.74) is 1.24. The summed E-state index contributed by atoms with van der Waals surface area (Å²) >= 11 is 0. The summed E-state index contributed by atoms with van der Waals surface area (Å²) in [6.07, 6.45) is 1.52. The second kappa shape index (κ2) is 7.28. The van der Waals surface area contributed by atoms with E-state index >= 15 is 0 Å². The summed E-state index contributed by atoms with van der Waals surface area (Å²) < 4.78 is 38.4. The molecule has 1 N–H and O–H groups in total. The van der Waals surface area contributed by atoms with Gasteiger partial charge in [-0.1, -0.05) is 6.07 Å². The summed E-state index contributed by atoms with van der Waals surface area (Å²) in [6.45, 7) is 4.72. The van der Waals surface area contributed by atoms with E-state index in [1.807, 2.05) is 6.92 Å². The maximum atomic E-state index is 12.7. The second-order valence-electron chi connectivity index (χ2n) is 5.76. The van der Waals surface area contributed by atoms with Crippen molar-refractivity contribution in [2.75, 3.05) is 43.0 Å². The molecule has 7 nitrogen and oxygen atoms in total. The van der Waals surface area contributed by atoms with E-state index in [9.17, 15) is 8.42 Å². The zero-order valence-corrected chi connectivity index (χ0v) is 15.0. The van der Waals surface area contributed by atoms with Gasteiger partial charge in [-0.25, -0.2) is 13.4 Å². The van der Waals surface area contributed by atoms with Crippen molar-refractivity contribution in [1.82, 2.24) is 4.98 Å². The molecule has 0 bridgehead atoms. The Labute approximate surface area is 147 Å². The van der Waals surface area contributed by atoms with Gasteiger partial charge in [0.1, 0.15) is 16.5 Å². The maximum Gasteiger partial charge on any atom is 0.265 e. The number of sulfonamides is 1. The molecule has 0 unspecified atom stereocenters. The van der Waals surface area contributed by atoms with Gasteiger partial charge >= 0.3 is 0 Å². The quantitative estimate of drug-likeness (QED) is 0.876. The van der Waals surface area contributed by atoms with Crippen LogP contribution in [0.3, 0.4) is 0 Å². The van der Waals surface area contributed by atoms with Crippen LogP contribution in [0.15, 0.2) is 41.4 Å². The number of nitrogens with one attached hydrogen (secondary N) is 1. The summed E-state index contributed by atoms with van der Waals surface area (Å²) in [7, 11) is -2.32. The number of aromatic nitrogens is 1. The van der Waals surface area contributed by atoms with Crippen molar-refractivity contribution >= 4 is 21.5 Å². The van der Waals surface area contributed by atoms with Crippen molar-refractivity contribution in [3.05, 3.63) is 42.1 Å². The lowest BCUT2D eigenvalue weighted by Crippen LogP contribution is -2.36. The molecule has 1 aliphatic rings. The van der Waals surface area contributed by atoms with Crippen LogP contribution < -0.4 is 14.4 Å². The van der Waals surface area contributed by atoms with Crippen molar-refractivity contribution in [3.63, 3.8) is 0 Å².